The third kappa shape index (κ3) is 9.27. The summed E-state index contributed by atoms with van der Waals surface area (Å²) in [6.07, 6.45) is 3.44. The van der Waals surface area contributed by atoms with Gasteiger partial charge in [-0.2, -0.15) is 8.42 Å². The van der Waals surface area contributed by atoms with Gasteiger partial charge in [-0.25, -0.2) is 0 Å². The topological polar surface area (TPSA) is 63.7 Å². The molecule has 0 saturated heterocycles. The number of hydrogen-bond acceptors (Lipinski definition) is 4. The van der Waals surface area contributed by atoms with Crippen molar-refractivity contribution in [2.24, 2.45) is 11.3 Å². The number of carbonyl (C=O) groups excluding carboxylic acids is 1. The molecule has 0 aliphatic heterocycles. The van der Waals surface area contributed by atoms with Gasteiger partial charge in [0.25, 0.3) is 0 Å². The zero-order valence-electron chi connectivity index (χ0n) is 17.8. The molecule has 27 heavy (non-hydrogen) atoms. The van der Waals surface area contributed by atoms with Gasteiger partial charge in [-0.15, -0.1) is 0 Å². The first kappa shape index (κ1) is 23.5. The van der Waals surface area contributed by atoms with E-state index in [9.17, 15) is 13.2 Å². The average molecular weight is 398 g/mol. The van der Waals surface area contributed by atoms with Crippen molar-refractivity contribution in [3.63, 3.8) is 0 Å². The van der Waals surface area contributed by atoms with Crippen LogP contribution in [0.5, 0.6) is 5.75 Å². The van der Waals surface area contributed by atoms with Gasteiger partial charge >= 0.3 is 10.1 Å². The van der Waals surface area contributed by atoms with Crippen LogP contribution >= 0.6 is 0 Å². The van der Waals surface area contributed by atoms with E-state index in [2.05, 4.69) is 41.5 Å². The standard InChI is InChI=1S/C21H35NO4S/c1-8-17(3)22(20(23)13-16(2)14-21(4,5)6)15-18-9-11-19(12-10-18)26-27(7,24)25/h9-12,16-17H,8,13-15H2,1-7H3/t16-,17-/m0/s1. The highest BCUT2D eigenvalue weighted by molar-refractivity contribution is 7.86. The Morgan fingerprint density at radius 2 is 1.70 bits per heavy atom. The number of benzene rings is 1. The van der Waals surface area contributed by atoms with Gasteiger partial charge in [0, 0.05) is 19.0 Å². The van der Waals surface area contributed by atoms with Crippen LogP contribution in [0.3, 0.4) is 0 Å². The molecule has 0 saturated carbocycles. The molecule has 0 heterocycles. The van der Waals surface area contributed by atoms with Crippen molar-refractivity contribution in [1.29, 1.82) is 0 Å². The lowest BCUT2D eigenvalue weighted by atomic mass is 9.84. The molecule has 0 aliphatic rings. The van der Waals surface area contributed by atoms with E-state index in [-0.39, 0.29) is 23.1 Å². The van der Waals surface area contributed by atoms with Crippen LogP contribution in [0.1, 0.15) is 66.4 Å². The number of hydrogen-bond donors (Lipinski definition) is 0. The molecule has 2 atom stereocenters. The predicted molar refractivity (Wildman–Crippen MR) is 110 cm³/mol. The second kappa shape index (κ2) is 9.58. The Hall–Kier alpha value is -1.56. The van der Waals surface area contributed by atoms with Gasteiger partial charge in [-0.3, -0.25) is 4.79 Å². The van der Waals surface area contributed by atoms with E-state index in [1.54, 1.807) is 12.1 Å². The molecule has 1 aromatic carbocycles. The lowest BCUT2D eigenvalue weighted by Gasteiger charge is -2.31. The SMILES string of the molecule is CC[C@H](C)N(Cc1ccc(OS(C)(=O)=O)cc1)C(=O)C[C@H](C)CC(C)(C)C. The molecule has 0 bridgehead atoms. The largest absolute Gasteiger partial charge is 0.383 e. The Labute approximate surface area is 165 Å². The minimum Gasteiger partial charge on any atom is -0.383 e. The summed E-state index contributed by atoms with van der Waals surface area (Å²) in [7, 11) is -3.54. The first-order valence-electron chi connectivity index (χ1n) is 9.58. The molecule has 154 valence electrons. The molecule has 0 radical (unpaired) electrons. The van der Waals surface area contributed by atoms with Crippen molar-refractivity contribution >= 4 is 16.0 Å². The summed E-state index contributed by atoms with van der Waals surface area (Å²) >= 11 is 0. The molecule has 0 aliphatic carbocycles. The molecule has 0 unspecified atom stereocenters. The van der Waals surface area contributed by atoms with Gasteiger partial charge in [0.1, 0.15) is 5.75 Å². The maximum absolute atomic E-state index is 12.9. The van der Waals surface area contributed by atoms with Crippen molar-refractivity contribution in [2.45, 2.75) is 73.4 Å². The summed E-state index contributed by atoms with van der Waals surface area (Å²) in [5.41, 5.74) is 1.16. The van der Waals surface area contributed by atoms with Crippen LogP contribution < -0.4 is 4.18 Å². The smallest absolute Gasteiger partial charge is 0.306 e. The van der Waals surface area contributed by atoms with E-state index in [4.69, 9.17) is 4.18 Å². The number of nitrogens with zero attached hydrogens (tertiary/aromatic N) is 1. The molecule has 1 amide bonds. The summed E-state index contributed by atoms with van der Waals surface area (Å²) < 4.78 is 27.3. The molecule has 0 fully saturated rings. The van der Waals surface area contributed by atoms with Crippen molar-refractivity contribution < 1.29 is 17.4 Å². The van der Waals surface area contributed by atoms with E-state index in [1.165, 1.54) is 0 Å². The van der Waals surface area contributed by atoms with E-state index in [0.29, 0.717) is 18.9 Å². The average Bonchev–Trinajstić information content (AvgIpc) is 2.49. The molecule has 5 nitrogen and oxygen atoms in total. The van der Waals surface area contributed by atoms with Gasteiger partial charge in [0.15, 0.2) is 0 Å². The Balaban J connectivity index is 2.84. The normalized spacial score (nSPS) is 14.5. The third-order valence-electron chi connectivity index (χ3n) is 4.45. The maximum Gasteiger partial charge on any atom is 0.306 e. The van der Waals surface area contributed by atoms with E-state index in [0.717, 1.165) is 24.7 Å². The predicted octanol–water partition coefficient (Wildman–Crippen LogP) is 4.61. The van der Waals surface area contributed by atoms with Crippen molar-refractivity contribution in [2.75, 3.05) is 6.26 Å². The lowest BCUT2D eigenvalue weighted by molar-refractivity contribution is -0.135. The highest BCUT2D eigenvalue weighted by Gasteiger charge is 2.23. The van der Waals surface area contributed by atoms with Crippen LogP contribution in [0.15, 0.2) is 24.3 Å². The Kier molecular flexibility index (Phi) is 8.33. The second-order valence-electron chi connectivity index (χ2n) is 8.78. The molecule has 1 rings (SSSR count). The van der Waals surface area contributed by atoms with Crippen LogP contribution in [0, 0.1) is 11.3 Å². The monoisotopic (exact) mass is 397 g/mol. The van der Waals surface area contributed by atoms with E-state index >= 15 is 0 Å². The second-order valence-corrected chi connectivity index (χ2v) is 10.4. The fourth-order valence-corrected chi connectivity index (χ4v) is 3.73. The molecular formula is C21H35NO4S. The number of amides is 1. The Morgan fingerprint density at radius 3 is 2.15 bits per heavy atom. The molecule has 0 spiro atoms. The fourth-order valence-electron chi connectivity index (χ4n) is 3.27. The highest BCUT2D eigenvalue weighted by Crippen LogP contribution is 2.27. The fraction of sp³-hybridized carbons (Fsp3) is 0.667. The van der Waals surface area contributed by atoms with Crippen LogP contribution in [-0.4, -0.2) is 31.5 Å². The molecule has 6 heteroatoms. The quantitative estimate of drug-likeness (QED) is 0.571. The third-order valence-corrected chi connectivity index (χ3v) is 4.95. The minimum absolute atomic E-state index is 0.145. The van der Waals surface area contributed by atoms with Crippen LogP contribution in [0.2, 0.25) is 0 Å². The number of carbonyl (C=O) groups is 1. The Bertz CT molecular complexity index is 705. The zero-order valence-corrected chi connectivity index (χ0v) is 18.6. The summed E-state index contributed by atoms with van der Waals surface area (Å²) in [4.78, 5) is 14.8. The maximum atomic E-state index is 12.9. The molecular weight excluding hydrogens is 362 g/mol. The van der Waals surface area contributed by atoms with Gasteiger partial charge in [0.2, 0.25) is 5.91 Å². The van der Waals surface area contributed by atoms with Gasteiger partial charge in [-0.1, -0.05) is 46.8 Å². The van der Waals surface area contributed by atoms with Gasteiger partial charge in [0.05, 0.1) is 6.26 Å². The van der Waals surface area contributed by atoms with Gasteiger partial charge < -0.3 is 9.08 Å². The summed E-state index contributed by atoms with van der Waals surface area (Å²) in [6, 6.07) is 7.01. The van der Waals surface area contributed by atoms with Crippen LogP contribution in [0.25, 0.3) is 0 Å². The summed E-state index contributed by atoms with van der Waals surface area (Å²) in [5, 5.41) is 0. The van der Waals surface area contributed by atoms with Crippen molar-refractivity contribution in [3.8, 4) is 5.75 Å². The Morgan fingerprint density at radius 1 is 1.15 bits per heavy atom. The first-order valence-corrected chi connectivity index (χ1v) is 11.4. The van der Waals surface area contributed by atoms with Gasteiger partial charge in [-0.05, 0) is 48.8 Å². The van der Waals surface area contributed by atoms with Crippen LogP contribution in [-0.2, 0) is 21.5 Å². The van der Waals surface area contributed by atoms with E-state index in [1.807, 2.05) is 17.0 Å². The first-order chi connectivity index (χ1) is 12.3. The van der Waals surface area contributed by atoms with E-state index < -0.39 is 10.1 Å². The summed E-state index contributed by atoms with van der Waals surface area (Å²) in [5.74, 6) is 0.772. The number of rotatable bonds is 9. The van der Waals surface area contributed by atoms with Crippen molar-refractivity contribution in [3.05, 3.63) is 29.8 Å². The lowest BCUT2D eigenvalue weighted by Crippen LogP contribution is -2.38. The highest BCUT2D eigenvalue weighted by atomic mass is 32.2. The minimum atomic E-state index is -3.54. The van der Waals surface area contributed by atoms with Crippen LogP contribution in [0.4, 0.5) is 0 Å². The molecule has 0 aromatic heterocycles. The summed E-state index contributed by atoms with van der Waals surface area (Å²) in [6.45, 7) is 13.4. The molecule has 0 N–H and O–H groups in total. The zero-order chi connectivity index (χ0) is 20.8. The van der Waals surface area contributed by atoms with Crippen molar-refractivity contribution in [1.82, 2.24) is 4.90 Å². The molecule has 1 aromatic rings.